The van der Waals surface area contributed by atoms with Crippen LogP contribution in [0.2, 0.25) is 0 Å². The molecule has 1 heterocycles. The predicted molar refractivity (Wildman–Crippen MR) is 70.8 cm³/mol. The fraction of sp³-hybridized carbons (Fsp3) is 0.333. The minimum atomic E-state index is 0.446. The number of hydrogen-bond donors (Lipinski definition) is 1. The van der Waals surface area contributed by atoms with Gasteiger partial charge in [-0.2, -0.15) is 0 Å². The average molecular weight is 229 g/mol. The Morgan fingerprint density at radius 2 is 1.88 bits per heavy atom. The van der Waals surface area contributed by atoms with Crippen molar-refractivity contribution in [2.24, 2.45) is 5.73 Å². The van der Waals surface area contributed by atoms with Crippen LogP contribution in [0.4, 0.5) is 0 Å². The fourth-order valence-electron chi connectivity index (χ4n) is 2.14. The highest BCUT2D eigenvalue weighted by atomic mass is 16.3. The molecule has 2 N–H and O–H groups in total. The first-order chi connectivity index (χ1) is 8.30. The molecular formula is C15H19NO. The lowest BCUT2D eigenvalue weighted by Gasteiger charge is -2.09. The lowest BCUT2D eigenvalue weighted by molar-refractivity contribution is 0.513. The third kappa shape index (κ3) is 2.27. The Kier molecular flexibility index (Phi) is 3.64. The molecular weight excluding hydrogens is 210 g/mol. The third-order valence-corrected chi connectivity index (χ3v) is 3.18. The molecule has 2 rings (SSSR count). The first-order valence-corrected chi connectivity index (χ1v) is 6.18. The van der Waals surface area contributed by atoms with E-state index < -0.39 is 0 Å². The summed E-state index contributed by atoms with van der Waals surface area (Å²) in [6, 6.07) is 8.67. The van der Waals surface area contributed by atoms with Crippen LogP contribution in [-0.2, 0) is 19.4 Å². The van der Waals surface area contributed by atoms with E-state index in [0.717, 1.165) is 24.2 Å². The van der Waals surface area contributed by atoms with Crippen LogP contribution in [0.5, 0.6) is 0 Å². The van der Waals surface area contributed by atoms with Gasteiger partial charge in [0.05, 0.1) is 12.8 Å². The maximum absolute atomic E-state index is 5.70. The molecule has 0 saturated heterocycles. The van der Waals surface area contributed by atoms with E-state index >= 15 is 0 Å². The van der Waals surface area contributed by atoms with Crippen molar-refractivity contribution in [1.82, 2.24) is 0 Å². The van der Waals surface area contributed by atoms with Crippen molar-refractivity contribution >= 4 is 0 Å². The summed E-state index contributed by atoms with van der Waals surface area (Å²) in [7, 11) is 0. The molecule has 2 heteroatoms. The van der Waals surface area contributed by atoms with Gasteiger partial charge < -0.3 is 10.2 Å². The Balaban J connectivity index is 2.56. The molecule has 90 valence electrons. The summed E-state index contributed by atoms with van der Waals surface area (Å²) < 4.78 is 5.42. The summed E-state index contributed by atoms with van der Waals surface area (Å²) >= 11 is 0. The Morgan fingerprint density at radius 3 is 2.53 bits per heavy atom. The Hall–Kier alpha value is -1.54. The molecule has 0 atom stereocenters. The van der Waals surface area contributed by atoms with E-state index in [1.165, 1.54) is 16.7 Å². The van der Waals surface area contributed by atoms with Crippen molar-refractivity contribution in [3.8, 4) is 11.1 Å². The van der Waals surface area contributed by atoms with Crippen molar-refractivity contribution < 1.29 is 4.42 Å². The van der Waals surface area contributed by atoms with E-state index in [0.29, 0.717) is 6.54 Å². The minimum Gasteiger partial charge on any atom is -0.467 e. The van der Waals surface area contributed by atoms with Crippen LogP contribution in [0.1, 0.15) is 30.7 Å². The van der Waals surface area contributed by atoms with Gasteiger partial charge in [0, 0.05) is 5.56 Å². The van der Waals surface area contributed by atoms with Gasteiger partial charge in [0.2, 0.25) is 0 Å². The van der Waals surface area contributed by atoms with Crippen LogP contribution in [0.25, 0.3) is 11.1 Å². The van der Waals surface area contributed by atoms with Crippen LogP contribution >= 0.6 is 0 Å². The molecule has 0 bridgehead atoms. The zero-order valence-corrected chi connectivity index (χ0v) is 10.5. The molecule has 1 aromatic carbocycles. The standard InChI is InChI=1S/C15H19NO/c1-3-11-5-6-12(4-2)14(9-11)13-7-8-17-15(13)10-16/h5-9H,3-4,10,16H2,1-2H3. The van der Waals surface area contributed by atoms with E-state index in [4.69, 9.17) is 10.2 Å². The molecule has 0 amide bonds. The summed E-state index contributed by atoms with van der Waals surface area (Å²) in [4.78, 5) is 0. The highest BCUT2D eigenvalue weighted by Crippen LogP contribution is 2.29. The highest BCUT2D eigenvalue weighted by molar-refractivity contribution is 5.70. The number of furan rings is 1. The number of aryl methyl sites for hydroxylation is 2. The van der Waals surface area contributed by atoms with Crippen LogP contribution in [0.15, 0.2) is 34.9 Å². The van der Waals surface area contributed by atoms with Gasteiger partial charge in [-0.05, 0) is 35.6 Å². The summed E-state index contributed by atoms with van der Waals surface area (Å²) in [5.74, 6) is 0.868. The van der Waals surface area contributed by atoms with Gasteiger partial charge in [0.1, 0.15) is 5.76 Å². The van der Waals surface area contributed by atoms with Gasteiger partial charge in [-0.1, -0.05) is 32.0 Å². The topological polar surface area (TPSA) is 39.2 Å². The quantitative estimate of drug-likeness (QED) is 0.871. The first kappa shape index (κ1) is 11.9. The zero-order valence-electron chi connectivity index (χ0n) is 10.5. The third-order valence-electron chi connectivity index (χ3n) is 3.18. The van der Waals surface area contributed by atoms with Crippen molar-refractivity contribution in [3.05, 3.63) is 47.4 Å². The monoisotopic (exact) mass is 229 g/mol. The van der Waals surface area contributed by atoms with Crippen molar-refractivity contribution in [3.63, 3.8) is 0 Å². The molecule has 0 fully saturated rings. The number of rotatable bonds is 4. The Morgan fingerprint density at radius 1 is 1.06 bits per heavy atom. The van der Waals surface area contributed by atoms with Gasteiger partial charge in [0.25, 0.3) is 0 Å². The molecule has 17 heavy (non-hydrogen) atoms. The first-order valence-electron chi connectivity index (χ1n) is 6.18. The largest absolute Gasteiger partial charge is 0.467 e. The second-order valence-electron chi connectivity index (χ2n) is 4.16. The second-order valence-corrected chi connectivity index (χ2v) is 4.16. The summed E-state index contributed by atoms with van der Waals surface area (Å²) in [5.41, 5.74) is 10.8. The number of hydrogen-bond acceptors (Lipinski definition) is 2. The fourth-order valence-corrected chi connectivity index (χ4v) is 2.14. The number of nitrogens with two attached hydrogens (primary N) is 1. The van der Waals surface area contributed by atoms with Crippen LogP contribution in [-0.4, -0.2) is 0 Å². The van der Waals surface area contributed by atoms with E-state index in [9.17, 15) is 0 Å². The maximum atomic E-state index is 5.70. The van der Waals surface area contributed by atoms with E-state index in [1.807, 2.05) is 6.07 Å². The maximum Gasteiger partial charge on any atom is 0.125 e. The van der Waals surface area contributed by atoms with Gasteiger partial charge in [-0.15, -0.1) is 0 Å². The SMILES string of the molecule is CCc1ccc(CC)c(-c2ccoc2CN)c1. The highest BCUT2D eigenvalue weighted by Gasteiger charge is 2.11. The van der Waals surface area contributed by atoms with E-state index in [-0.39, 0.29) is 0 Å². The van der Waals surface area contributed by atoms with Gasteiger partial charge in [-0.25, -0.2) is 0 Å². The molecule has 0 aliphatic carbocycles. The molecule has 2 nitrogen and oxygen atoms in total. The Bertz CT molecular complexity index is 499. The molecule has 0 aliphatic heterocycles. The molecule has 2 aromatic rings. The average Bonchev–Trinajstić information content (AvgIpc) is 2.86. The van der Waals surface area contributed by atoms with Crippen molar-refractivity contribution in [2.75, 3.05) is 0 Å². The van der Waals surface area contributed by atoms with Crippen molar-refractivity contribution in [1.29, 1.82) is 0 Å². The van der Waals surface area contributed by atoms with E-state index in [1.54, 1.807) is 6.26 Å². The zero-order chi connectivity index (χ0) is 12.3. The van der Waals surface area contributed by atoms with Gasteiger partial charge in [0.15, 0.2) is 0 Å². The molecule has 0 unspecified atom stereocenters. The number of benzene rings is 1. The molecule has 0 saturated carbocycles. The predicted octanol–water partition coefficient (Wildman–Crippen LogP) is 3.53. The molecule has 0 spiro atoms. The normalized spacial score (nSPS) is 10.8. The second kappa shape index (κ2) is 5.19. The van der Waals surface area contributed by atoms with E-state index in [2.05, 4.69) is 32.0 Å². The summed E-state index contributed by atoms with van der Waals surface area (Å²) in [6.45, 7) is 4.79. The molecule has 1 aromatic heterocycles. The lowest BCUT2D eigenvalue weighted by Crippen LogP contribution is -1.98. The summed E-state index contributed by atoms with van der Waals surface area (Å²) in [6.07, 6.45) is 3.79. The molecule has 0 radical (unpaired) electrons. The summed E-state index contributed by atoms with van der Waals surface area (Å²) in [5, 5.41) is 0. The Labute approximate surface area is 102 Å². The van der Waals surface area contributed by atoms with Crippen LogP contribution < -0.4 is 5.73 Å². The van der Waals surface area contributed by atoms with Crippen LogP contribution in [0.3, 0.4) is 0 Å². The van der Waals surface area contributed by atoms with Gasteiger partial charge in [-0.3, -0.25) is 0 Å². The molecule has 0 aliphatic rings. The smallest absolute Gasteiger partial charge is 0.125 e. The van der Waals surface area contributed by atoms with Crippen molar-refractivity contribution in [2.45, 2.75) is 33.2 Å². The minimum absolute atomic E-state index is 0.446. The van der Waals surface area contributed by atoms with Gasteiger partial charge >= 0.3 is 0 Å². The lowest BCUT2D eigenvalue weighted by atomic mass is 9.95. The van der Waals surface area contributed by atoms with Crippen LogP contribution in [0, 0.1) is 0 Å².